The van der Waals surface area contributed by atoms with Crippen LogP contribution < -0.4 is 5.32 Å². The molecule has 0 aromatic carbocycles. The SMILES string of the molecule is CNC(c1cc(Br)sc1Br)C1C2CCCCC21. The molecule has 2 aliphatic rings. The highest BCUT2D eigenvalue weighted by Gasteiger charge is 2.54. The van der Waals surface area contributed by atoms with Gasteiger partial charge in [0.25, 0.3) is 0 Å². The van der Waals surface area contributed by atoms with Gasteiger partial charge in [0.05, 0.1) is 7.57 Å². The second-order valence-electron chi connectivity index (χ2n) is 5.24. The van der Waals surface area contributed by atoms with E-state index in [-0.39, 0.29) is 0 Å². The second-order valence-corrected chi connectivity index (χ2v) is 8.98. The third-order valence-electron chi connectivity index (χ3n) is 4.44. The summed E-state index contributed by atoms with van der Waals surface area (Å²) in [6.45, 7) is 0. The second kappa shape index (κ2) is 4.95. The average molecular weight is 379 g/mol. The van der Waals surface area contributed by atoms with Gasteiger partial charge in [0.1, 0.15) is 0 Å². The summed E-state index contributed by atoms with van der Waals surface area (Å²) in [4.78, 5) is 0. The molecular formula is C13H17Br2NS. The van der Waals surface area contributed by atoms with Crippen LogP contribution >= 0.6 is 43.2 Å². The lowest BCUT2D eigenvalue weighted by atomic mass is 10.0. The zero-order valence-corrected chi connectivity index (χ0v) is 13.9. The summed E-state index contributed by atoms with van der Waals surface area (Å²) < 4.78 is 2.51. The summed E-state index contributed by atoms with van der Waals surface area (Å²) in [6, 6.07) is 2.82. The van der Waals surface area contributed by atoms with E-state index in [1.165, 1.54) is 38.8 Å². The lowest BCUT2D eigenvalue weighted by Gasteiger charge is -2.16. The molecule has 3 unspecified atom stereocenters. The Bertz CT molecular complexity index is 406. The van der Waals surface area contributed by atoms with Crippen LogP contribution in [0.25, 0.3) is 0 Å². The third-order valence-corrected chi connectivity index (χ3v) is 6.82. The number of nitrogens with one attached hydrogen (secondary N) is 1. The van der Waals surface area contributed by atoms with E-state index in [9.17, 15) is 0 Å². The van der Waals surface area contributed by atoms with Gasteiger partial charge in [-0.1, -0.05) is 12.8 Å². The van der Waals surface area contributed by atoms with Gasteiger partial charge in [0, 0.05) is 6.04 Å². The maximum Gasteiger partial charge on any atom is 0.0758 e. The molecule has 0 aliphatic heterocycles. The Labute approximate surface area is 124 Å². The van der Waals surface area contributed by atoms with E-state index in [1.807, 2.05) is 0 Å². The fourth-order valence-corrected chi connectivity index (χ4v) is 6.59. The number of thiophene rings is 1. The number of hydrogen-bond donors (Lipinski definition) is 1. The van der Waals surface area contributed by atoms with Gasteiger partial charge in [-0.3, -0.25) is 0 Å². The molecule has 1 aromatic heterocycles. The molecule has 2 saturated carbocycles. The van der Waals surface area contributed by atoms with Crippen LogP contribution in [0.2, 0.25) is 0 Å². The van der Waals surface area contributed by atoms with Crippen LogP contribution in [0.4, 0.5) is 0 Å². The zero-order chi connectivity index (χ0) is 12.0. The van der Waals surface area contributed by atoms with Crippen LogP contribution in [-0.4, -0.2) is 7.05 Å². The maximum atomic E-state index is 3.70. The van der Waals surface area contributed by atoms with Crippen molar-refractivity contribution >= 4 is 43.2 Å². The van der Waals surface area contributed by atoms with E-state index in [0.29, 0.717) is 6.04 Å². The predicted molar refractivity (Wildman–Crippen MR) is 80.5 cm³/mol. The number of hydrogen-bond acceptors (Lipinski definition) is 2. The number of halogens is 2. The molecule has 0 spiro atoms. The molecule has 1 heterocycles. The van der Waals surface area contributed by atoms with Crippen LogP contribution in [0.15, 0.2) is 13.6 Å². The molecule has 0 amide bonds. The Morgan fingerprint density at radius 3 is 2.41 bits per heavy atom. The lowest BCUT2D eigenvalue weighted by Crippen LogP contribution is -2.19. The molecule has 3 atom stereocenters. The van der Waals surface area contributed by atoms with E-state index in [0.717, 1.165) is 17.8 Å². The van der Waals surface area contributed by atoms with Crippen LogP contribution in [0, 0.1) is 17.8 Å². The monoisotopic (exact) mass is 377 g/mol. The molecule has 2 aliphatic carbocycles. The minimum Gasteiger partial charge on any atom is -0.313 e. The van der Waals surface area contributed by atoms with Crippen molar-refractivity contribution in [1.82, 2.24) is 5.32 Å². The summed E-state index contributed by atoms with van der Waals surface area (Å²) in [7, 11) is 2.10. The Balaban J connectivity index is 1.82. The Morgan fingerprint density at radius 1 is 1.29 bits per heavy atom. The van der Waals surface area contributed by atoms with Gasteiger partial charge >= 0.3 is 0 Å². The molecule has 4 heteroatoms. The van der Waals surface area contributed by atoms with Crippen molar-refractivity contribution in [3.8, 4) is 0 Å². The van der Waals surface area contributed by atoms with Gasteiger partial charge in [-0.25, -0.2) is 0 Å². The summed E-state index contributed by atoms with van der Waals surface area (Å²) in [5.74, 6) is 2.86. The van der Waals surface area contributed by atoms with Crippen LogP contribution in [0.3, 0.4) is 0 Å². The van der Waals surface area contributed by atoms with Gasteiger partial charge in [-0.2, -0.15) is 0 Å². The quantitative estimate of drug-likeness (QED) is 0.782. The maximum absolute atomic E-state index is 3.70. The first kappa shape index (κ1) is 12.6. The lowest BCUT2D eigenvalue weighted by molar-refractivity contribution is 0.480. The number of rotatable bonds is 3. The highest BCUT2D eigenvalue weighted by atomic mass is 79.9. The van der Waals surface area contributed by atoms with E-state index in [2.05, 4.69) is 50.3 Å². The van der Waals surface area contributed by atoms with Gasteiger partial charge < -0.3 is 5.32 Å². The van der Waals surface area contributed by atoms with Crippen molar-refractivity contribution < 1.29 is 0 Å². The first-order valence-electron chi connectivity index (χ1n) is 6.34. The van der Waals surface area contributed by atoms with Crippen molar-refractivity contribution in [1.29, 1.82) is 0 Å². The molecule has 0 bridgehead atoms. The van der Waals surface area contributed by atoms with Gasteiger partial charge in [-0.15, -0.1) is 11.3 Å². The molecule has 94 valence electrons. The number of fused-ring (bicyclic) bond motifs is 1. The zero-order valence-electron chi connectivity index (χ0n) is 9.88. The molecule has 3 rings (SSSR count). The molecule has 0 radical (unpaired) electrons. The molecule has 1 N–H and O–H groups in total. The predicted octanol–water partition coefficient (Wildman–Crippen LogP) is 4.97. The summed E-state index contributed by atoms with van der Waals surface area (Å²) in [5.41, 5.74) is 1.45. The Kier molecular flexibility index (Phi) is 3.68. The van der Waals surface area contributed by atoms with Crippen LogP contribution in [0.1, 0.15) is 37.3 Å². The molecule has 17 heavy (non-hydrogen) atoms. The van der Waals surface area contributed by atoms with Gasteiger partial charge in [0.15, 0.2) is 0 Å². The molecule has 1 nitrogen and oxygen atoms in total. The Morgan fingerprint density at radius 2 is 1.94 bits per heavy atom. The summed E-state index contributed by atoms with van der Waals surface area (Å²) in [5, 5.41) is 3.55. The average Bonchev–Trinajstić information content (AvgIpc) is 2.93. The summed E-state index contributed by atoms with van der Waals surface area (Å²) >= 11 is 9.07. The highest BCUT2D eigenvalue weighted by Crippen LogP contribution is 2.61. The van der Waals surface area contributed by atoms with E-state index in [4.69, 9.17) is 0 Å². The minimum atomic E-state index is 0.542. The van der Waals surface area contributed by atoms with Crippen molar-refractivity contribution in [3.63, 3.8) is 0 Å². The summed E-state index contributed by atoms with van der Waals surface area (Å²) in [6.07, 6.45) is 5.80. The largest absolute Gasteiger partial charge is 0.313 e. The molecule has 1 aromatic rings. The normalized spacial score (nSPS) is 33.2. The minimum absolute atomic E-state index is 0.542. The molecule has 2 fully saturated rings. The first-order valence-corrected chi connectivity index (χ1v) is 8.74. The van der Waals surface area contributed by atoms with E-state index in [1.54, 1.807) is 11.3 Å². The third kappa shape index (κ3) is 2.26. The van der Waals surface area contributed by atoms with E-state index < -0.39 is 0 Å². The smallest absolute Gasteiger partial charge is 0.0758 e. The van der Waals surface area contributed by atoms with Crippen molar-refractivity contribution in [3.05, 3.63) is 19.2 Å². The van der Waals surface area contributed by atoms with Crippen molar-refractivity contribution in [2.75, 3.05) is 7.05 Å². The Hall–Kier alpha value is 0.620. The van der Waals surface area contributed by atoms with Crippen LogP contribution in [0.5, 0.6) is 0 Å². The highest BCUT2D eigenvalue weighted by molar-refractivity contribution is 9.12. The van der Waals surface area contributed by atoms with Gasteiger partial charge in [0.2, 0.25) is 0 Å². The topological polar surface area (TPSA) is 12.0 Å². The van der Waals surface area contributed by atoms with Crippen molar-refractivity contribution in [2.24, 2.45) is 17.8 Å². The van der Waals surface area contributed by atoms with Crippen LogP contribution in [-0.2, 0) is 0 Å². The van der Waals surface area contributed by atoms with Gasteiger partial charge in [-0.05, 0) is 81.1 Å². The molecule has 0 saturated heterocycles. The fourth-order valence-electron chi connectivity index (χ4n) is 3.66. The first-order chi connectivity index (χ1) is 8.22. The fraction of sp³-hybridized carbons (Fsp3) is 0.692. The standard InChI is InChI=1S/C13H17Br2NS/c1-16-12(9-6-10(14)17-13(9)15)11-7-4-2-3-5-8(7)11/h6-8,11-12,16H,2-5H2,1H3. The van der Waals surface area contributed by atoms with E-state index >= 15 is 0 Å². The van der Waals surface area contributed by atoms with Crippen molar-refractivity contribution in [2.45, 2.75) is 31.7 Å². The molecular weight excluding hydrogens is 362 g/mol.